The van der Waals surface area contributed by atoms with Crippen LogP contribution in [0.25, 0.3) is 10.8 Å². The number of urea groups is 1. The Morgan fingerprint density at radius 3 is 2.38 bits per heavy atom. The lowest BCUT2D eigenvalue weighted by atomic mass is 9.90. The van der Waals surface area contributed by atoms with E-state index in [0.717, 1.165) is 60.6 Å². The van der Waals surface area contributed by atoms with E-state index in [1.165, 1.54) is 0 Å². The fourth-order valence-electron chi connectivity index (χ4n) is 4.15. The summed E-state index contributed by atoms with van der Waals surface area (Å²) in [7, 11) is 0. The highest BCUT2D eigenvalue weighted by atomic mass is 16.5. The van der Waals surface area contributed by atoms with Crippen LogP contribution in [0.2, 0.25) is 0 Å². The fraction of sp³-hybridized carbons (Fsp3) is 0.355. The number of hydrogen-bond acceptors (Lipinski definition) is 6. The minimum Gasteiger partial charge on any atom is -0.492 e. The summed E-state index contributed by atoms with van der Waals surface area (Å²) in [6.07, 6.45) is 1.66. The molecule has 0 atom stereocenters. The molecule has 1 aliphatic rings. The Hall–Kier alpha value is -3.88. The fourth-order valence-corrected chi connectivity index (χ4v) is 4.15. The molecule has 0 saturated carbocycles. The molecule has 3 aromatic rings. The van der Waals surface area contributed by atoms with Crippen molar-refractivity contribution in [2.24, 2.45) is 5.41 Å². The number of allylic oxidation sites excluding steroid dienone is 1. The molecule has 1 saturated heterocycles. The van der Waals surface area contributed by atoms with Crippen LogP contribution in [0.3, 0.4) is 0 Å². The van der Waals surface area contributed by atoms with Crippen molar-refractivity contribution in [2.75, 3.05) is 50.1 Å². The summed E-state index contributed by atoms with van der Waals surface area (Å²) in [5.74, 6) is 1.20. The van der Waals surface area contributed by atoms with Crippen LogP contribution in [0, 0.1) is 17.7 Å². The van der Waals surface area contributed by atoms with Crippen molar-refractivity contribution in [1.82, 2.24) is 10.2 Å². The van der Waals surface area contributed by atoms with E-state index in [1.54, 1.807) is 6.08 Å². The highest BCUT2D eigenvalue weighted by molar-refractivity contribution is 6.04. The number of fused-ring (bicyclic) bond motifs is 1. The van der Waals surface area contributed by atoms with Gasteiger partial charge in [-0.3, -0.25) is 10.2 Å². The first-order valence-electron chi connectivity index (χ1n) is 13.4. The molecular formula is C31H39N5O3. The van der Waals surface area contributed by atoms with Crippen LogP contribution in [0.15, 0.2) is 72.6 Å². The summed E-state index contributed by atoms with van der Waals surface area (Å²) in [5.41, 5.74) is 2.65. The number of morpholine rings is 1. The number of rotatable bonds is 9. The lowest BCUT2D eigenvalue weighted by Gasteiger charge is -2.26. The van der Waals surface area contributed by atoms with Crippen molar-refractivity contribution in [3.05, 3.63) is 78.1 Å². The van der Waals surface area contributed by atoms with Crippen molar-refractivity contribution in [1.29, 1.82) is 5.41 Å². The Balaban J connectivity index is 1.47. The van der Waals surface area contributed by atoms with Crippen molar-refractivity contribution in [3.63, 3.8) is 0 Å². The second kappa shape index (κ2) is 12.8. The standard InChI is InChI=1S/C31H39N5O3/c1-22-9-11-23(12-10-22)33-29(21-28(32)31(2,3)4)35-30(37)34-26-13-14-27(25-8-6-5-7-24(25)26)39-20-17-36-15-18-38-19-16-36/h5-14,21,32-33H,15-20H2,1-4H3,(H2,34,35,37)/b29-21+,32-28?. The topological polar surface area (TPSA) is 98.7 Å². The Morgan fingerprint density at radius 2 is 1.69 bits per heavy atom. The molecular weight excluding hydrogens is 490 g/mol. The minimum atomic E-state index is -0.409. The number of nitrogens with one attached hydrogen (secondary N) is 4. The Bertz CT molecular complexity index is 1320. The lowest BCUT2D eigenvalue weighted by molar-refractivity contribution is 0.0323. The molecule has 4 rings (SSSR count). The van der Waals surface area contributed by atoms with Crippen LogP contribution in [0.5, 0.6) is 5.75 Å². The van der Waals surface area contributed by atoms with Crippen LogP contribution >= 0.6 is 0 Å². The Morgan fingerprint density at radius 1 is 1.00 bits per heavy atom. The molecule has 0 bridgehead atoms. The van der Waals surface area contributed by atoms with Gasteiger partial charge in [0.25, 0.3) is 0 Å². The summed E-state index contributed by atoms with van der Waals surface area (Å²) in [6.45, 7) is 12.7. The SMILES string of the molecule is Cc1ccc(N/C(=C\C(=N)C(C)(C)C)NC(=O)Nc2ccc(OCCN3CCOCC3)c3ccccc23)cc1. The third kappa shape index (κ3) is 8.05. The van der Waals surface area contributed by atoms with Crippen LogP contribution in [0.4, 0.5) is 16.2 Å². The summed E-state index contributed by atoms with van der Waals surface area (Å²) in [6, 6.07) is 19.1. The molecule has 0 spiro atoms. The number of nitrogens with zero attached hydrogens (tertiary/aromatic N) is 1. The zero-order valence-electron chi connectivity index (χ0n) is 23.3. The molecule has 206 valence electrons. The Labute approximate surface area is 230 Å². The second-order valence-electron chi connectivity index (χ2n) is 10.8. The third-order valence-corrected chi connectivity index (χ3v) is 6.58. The number of carbonyl (C=O) groups is 1. The van der Waals surface area contributed by atoms with Gasteiger partial charge in [-0.05, 0) is 31.2 Å². The average molecular weight is 530 g/mol. The molecule has 39 heavy (non-hydrogen) atoms. The zero-order valence-corrected chi connectivity index (χ0v) is 23.3. The maximum atomic E-state index is 13.2. The summed E-state index contributed by atoms with van der Waals surface area (Å²) in [4.78, 5) is 15.5. The van der Waals surface area contributed by atoms with Crippen LogP contribution in [-0.2, 0) is 4.74 Å². The Kier molecular flexibility index (Phi) is 9.22. The zero-order chi connectivity index (χ0) is 27.8. The van der Waals surface area contributed by atoms with E-state index in [-0.39, 0.29) is 5.41 Å². The lowest BCUT2D eigenvalue weighted by Crippen LogP contribution is -2.38. The average Bonchev–Trinajstić information content (AvgIpc) is 2.91. The van der Waals surface area contributed by atoms with Gasteiger partial charge < -0.3 is 25.5 Å². The van der Waals surface area contributed by atoms with Crippen molar-refractivity contribution in [2.45, 2.75) is 27.7 Å². The maximum Gasteiger partial charge on any atom is 0.324 e. The molecule has 1 fully saturated rings. The van der Waals surface area contributed by atoms with E-state index in [9.17, 15) is 4.79 Å². The second-order valence-corrected chi connectivity index (χ2v) is 10.8. The first kappa shape index (κ1) is 28.1. The number of amides is 2. The first-order valence-corrected chi connectivity index (χ1v) is 13.4. The van der Waals surface area contributed by atoms with E-state index in [0.29, 0.717) is 23.8 Å². The van der Waals surface area contributed by atoms with Gasteiger partial charge in [-0.1, -0.05) is 62.7 Å². The number of carbonyl (C=O) groups excluding carboxylic acids is 1. The molecule has 2 amide bonds. The molecule has 4 N–H and O–H groups in total. The van der Waals surface area contributed by atoms with E-state index >= 15 is 0 Å². The van der Waals surface area contributed by atoms with Gasteiger partial charge in [0.15, 0.2) is 0 Å². The van der Waals surface area contributed by atoms with Gasteiger partial charge in [-0.25, -0.2) is 4.79 Å². The molecule has 3 aromatic carbocycles. The predicted octanol–water partition coefficient (Wildman–Crippen LogP) is 6.00. The van der Waals surface area contributed by atoms with Gasteiger partial charge in [-0.15, -0.1) is 0 Å². The number of aryl methyl sites for hydroxylation is 1. The van der Waals surface area contributed by atoms with Gasteiger partial charge >= 0.3 is 6.03 Å². The highest BCUT2D eigenvalue weighted by Gasteiger charge is 2.18. The normalized spacial score (nSPS) is 14.6. The maximum absolute atomic E-state index is 13.2. The predicted molar refractivity (Wildman–Crippen MR) is 159 cm³/mol. The summed E-state index contributed by atoms with van der Waals surface area (Å²) < 4.78 is 11.6. The number of hydrogen-bond donors (Lipinski definition) is 4. The largest absolute Gasteiger partial charge is 0.492 e. The van der Waals surface area contributed by atoms with Crippen LogP contribution < -0.4 is 20.7 Å². The highest BCUT2D eigenvalue weighted by Crippen LogP contribution is 2.31. The van der Waals surface area contributed by atoms with Gasteiger partial charge in [-0.2, -0.15) is 0 Å². The molecule has 0 aliphatic carbocycles. The smallest absolute Gasteiger partial charge is 0.324 e. The first-order chi connectivity index (χ1) is 18.7. The van der Waals surface area contributed by atoms with Crippen LogP contribution in [0.1, 0.15) is 26.3 Å². The number of ether oxygens (including phenoxy) is 2. The molecule has 0 radical (unpaired) electrons. The quantitative estimate of drug-likeness (QED) is 0.255. The van der Waals surface area contributed by atoms with Gasteiger partial charge in [0.2, 0.25) is 0 Å². The molecule has 8 heteroatoms. The molecule has 0 aromatic heterocycles. The molecule has 8 nitrogen and oxygen atoms in total. The van der Waals surface area contributed by atoms with E-state index in [4.69, 9.17) is 14.9 Å². The molecule has 0 unspecified atom stereocenters. The summed E-state index contributed by atoms with van der Waals surface area (Å²) in [5, 5.41) is 19.4. The van der Waals surface area contributed by atoms with E-state index in [1.807, 2.05) is 88.4 Å². The number of benzene rings is 3. The summed E-state index contributed by atoms with van der Waals surface area (Å²) >= 11 is 0. The van der Waals surface area contributed by atoms with Crippen LogP contribution in [-0.4, -0.2) is 56.1 Å². The molecule has 1 aliphatic heterocycles. The van der Waals surface area contributed by atoms with Gasteiger partial charge in [0, 0.05) is 53.3 Å². The van der Waals surface area contributed by atoms with E-state index in [2.05, 4.69) is 20.9 Å². The molecule has 1 heterocycles. The third-order valence-electron chi connectivity index (χ3n) is 6.58. The van der Waals surface area contributed by atoms with Crippen molar-refractivity contribution < 1.29 is 14.3 Å². The monoisotopic (exact) mass is 529 g/mol. The minimum absolute atomic E-state index is 0.369. The van der Waals surface area contributed by atoms with Crippen molar-refractivity contribution >= 4 is 33.9 Å². The van der Waals surface area contributed by atoms with Gasteiger partial charge in [0.1, 0.15) is 18.2 Å². The van der Waals surface area contributed by atoms with E-state index < -0.39 is 6.03 Å². The van der Waals surface area contributed by atoms with Crippen molar-refractivity contribution in [3.8, 4) is 5.75 Å². The number of anilines is 2. The van der Waals surface area contributed by atoms with Gasteiger partial charge in [0.05, 0.1) is 18.9 Å².